The summed E-state index contributed by atoms with van der Waals surface area (Å²) in [6.45, 7) is 2.05. The van der Waals surface area contributed by atoms with Crippen molar-refractivity contribution in [2.45, 2.75) is 6.92 Å². The van der Waals surface area contributed by atoms with Gasteiger partial charge in [-0.3, -0.25) is 0 Å². The lowest BCUT2D eigenvalue weighted by molar-refractivity contribution is 1.41. The molecule has 80 valence electrons. The first-order valence-electron chi connectivity index (χ1n) is 5.22. The molecule has 0 heterocycles. The van der Waals surface area contributed by atoms with Crippen molar-refractivity contribution < 1.29 is 0 Å². The van der Waals surface area contributed by atoms with Gasteiger partial charge in [0.15, 0.2) is 0 Å². The summed E-state index contributed by atoms with van der Waals surface area (Å²) in [5.41, 5.74) is 8.96. The smallest absolute Gasteiger partial charge is 0.131 e. The van der Waals surface area contributed by atoms with Gasteiger partial charge in [-0.1, -0.05) is 48.0 Å². The molecule has 0 aromatic heterocycles. The zero-order chi connectivity index (χ0) is 11.4. The zero-order valence-electron chi connectivity index (χ0n) is 9.22. The Morgan fingerprint density at radius 1 is 0.938 bits per heavy atom. The van der Waals surface area contributed by atoms with Crippen LogP contribution in [-0.2, 0) is 0 Å². The molecule has 0 spiro atoms. The number of aliphatic imine (C=N–C) groups is 1. The maximum Gasteiger partial charge on any atom is 0.131 e. The molecule has 0 fully saturated rings. The molecule has 0 aliphatic heterocycles. The van der Waals surface area contributed by atoms with Gasteiger partial charge in [-0.25, -0.2) is 4.99 Å². The minimum absolute atomic E-state index is 0.546. The number of nitrogens with zero attached hydrogens (tertiary/aromatic N) is 1. The Balaban J connectivity index is 2.28. The van der Waals surface area contributed by atoms with E-state index in [0.717, 1.165) is 11.3 Å². The summed E-state index contributed by atoms with van der Waals surface area (Å²) in [7, 11) is 0. The molecule has 0 atom stereocenters. The third kappa shape index (κ3) is 2.48. The second-order valence-electron chi connectivity index (χ2n) is 3.70. The van der Waals surface area contributed by atoms with Crippen molar-refractivity contribution in [1.29, 1.82) is 0 Å². The number of nitrogens with two attached hydrogens (primary N) is 1. The molecule has 16 heavy (non-hydrogen) atoms. The Bertz CT molecular complexity index is 484. The molecule has 0 aliphatic carbocycles. The van der Waals surface area contributed by atoms with E-state index in [0.29, 0.717) is 5.84 Å². The van der Waals surface area contributed by atoms with Crippen molar-refractivity contribution in [1.82, 2.24) is 0 Å². The van der Waals surface area contributed by atoms with E-state index in [9.17, 15) is 0 Å². The highest BCUT2D eigenvalue weighted by Crippen LogP contribution is 2.13. The lowest BCUT2D eigenvalue weighted by Crippen LogP contribution is -2.12. The van der Waals surface area contributed by atoms with Crippen molar-refractivity contribution in [2.24, 2.45) is 10.7 Å². The van der Waals surface area contributed by atoms with Crippen LogP contribution in [0.5, 0.6) is 0 Å². The molecule has 0 aliphatic rings. The van der Waals surface area contributed by atoms with Crippen LogP contribution in [0.1, 0.15) is 11.1 Å². The number of hydrogen-bond acceptors (Lipinski definition) is 1. The standard InChI is InChI=1S/C14H14N2/c1-11-7-9-13(10-8-11)16-14(15)12-5-3-2-4-6-12/h2-10H,1H3,(H2,15,16). The zero-order valence-corrected chi connectivity index (χ0v) is 9.22. The van der Waals surface area contributed by atoms with E-state index in [1.54, 1.807) is 0 Å². The average Bonchev–Trinajstić information content (AvgIpc) is 2.33. The Hall–Kier alpha value is -2.09. The monoisotopic (exact) mass is 210 g/mol. The molecule has 0 bridgehead atoms. The molecule has 0 unspecified atom stereocenters. The van der Waals surface area contributed by atoms with Gasteiger partial charge in [-0.05, 0) is 19.1 Å². The van der Waals surface area contributed by atoms with Gasteiger partial charge in [0.1, 0.15) is 5.84 Å². The molecule has 0 saturated heterocycles. The number of hydrogen-bond donors (Lipinski definition) is 1. The normalized spacial score (nSPS) is 11.4. The summed E-state index contributed by atoms with van der Waals surface area (Å²) < 4.78 is 0. The van der Waals surface area contributed by atoms with E-state index >= 15 is 0 Å². The Morgan fingerprint density at radius 3 is 2.19 bits per heavy atom. The average molecular weight is 210 g/mol. The highest BCUT2D eigenvalue weighted by atomic mass is 14.9. The van der Waals surface area contributed by atoms with Crippen LogP contribution >= 0.6 is 0 Å². The number of benzene rings is 2. The van der Waals surface area contributed by atoms with Gasteiger partial charge in [0.05, 0.1) is 5.69 Å². The first-order valence-corrected chi connectivity index (χ1v) is 5.22. The van der Waals surface area contributed by atoms with Crippen LogP contribution in [0.4, 0.5) is 5.69 Å². The summed E-state index contributed by atoms with van der Waals surface area (Å²) in [6.07, 6.45) is 0. The topological polar surface area (TPSA) is 38.4 Å². The van der Waals surface area contributed by atoms with Crippen molar-refractivity contribution in [3.63, 3.8) is 0 Å². The second-order valence-corrected chi connectivity index (χ2v) is 3.70. The third-order valence-corrected chi connectivity index (χ3v) is 2.35. The minimum atomic E-state index is 0.546. The van der Waals surface area contributed by atoms with E-state index < -0.39 is 0 Å². The molecule has 0 radical (unpaired) electrons. The van der Waals surface area contributed by atoms with E-state index in [2.05, 4.69) is 4.99 Å². The van der Waals surface area contributed by atoms with Crippen LogP contribution in [0.3, 0.4) is 0 Å². The van der Waals surface area contributed by atoms with Crippen LogP contribution in [0, 0.1) is 6.92 Å². The summed E-state index contributed by atoms with van der Waals surface area (Å²) in [5.74, 6) is 0.546. The van der Waals surface area contributed by atoms with Crippen molar-refractivity contribution in [2.75, 3.05) is 0 Å². The van der Waals surface area contributed by atoms with Gasteiger partial charge in [-0.2, -0.15) is 0 Å². The Labute approximate surface area is 95.5 Å². The summed E-state index contributed by atoms with van der Waals surface area (Å²) in [6, 6.07) is 17.7. The van der Waals surface area contributed by atoms with E-state index in [-0.39, 0.29) is 0 Å². The molecule has 0 amide bonds. The lowest BCUT2D eigenvalue weighted by Gasteiger charge is -2.00. The Kier molecular flexibility index (Phi) is 3.01. The molecule has 2 N–H and O–H groups in total. The quantitative estimate of drug-likeness (QED) is 0.600. The molecule has 2 heteroatoms. The molecule has 2 nitrogen and oxygen atoms in total. The highest BCUT2D eigenvalue weighted by Gasteiger charge is 1.96. The number of rotatable bonds is 2. The third-order valence-electron chi connectivity index (χ3n) is 2.35. The van der Waals surface area contributed by atoms with Crippen molar-refractivity contribution in [3.05, 3.63) is 65.7 Å². The van der Waals surface area contributed by atoms with Gasteiger partial charge in [-0.15, -0.1) is 0 Å². The van der Waals surface area contributed by atoms with Crippen LogP contribution in [0.15, 0.2) is 59.6 Å². The fourth-order valence-corrected chi connectivity index (χ4v) is 1.43. The van der Waals surface area contributed by atoms with E-state index in [1.807, 2.05) is 61.5 Å². The highest BCUT2D eigenvalue weighted by molar-refractivity contribution is 5.98. The molecule has 2 aromatic carbocycles. The second kappa shape index (κ2) is 4.62. The summed E-state index contributed by atoms with van der Waals surface area (Å²) in [4.78, 5) is 4.36. The maximum absolute atomic E-state index is 5.92. The first-order chi connectivity index (χ1) is 7.75. The molecular weight excluding hydrogens is 196 g/mol. The minimum Gasteiger partial charge on any atom is -0.383 e. The molecular formula is C14H14N2. The number of aryl methyl sites for hydroxylation is 1. The molecule has 2 aromatic rings. The summed E-state index contributed by atoms with van der Waals surface area (Å²) in [5, 5.41) is 0. The van der Waals surface area contributed by atoms with Crippen LogP contribution in [0.2, 0.25) is 0 Å². The van der Waals surface area contributed by atoms with Gasteiger partial charge < -0.3 is 5.73 Å². The van der Waals surface area contributed by atoms with Gasteiger partial charge in [0.2, 0.25) is 0 Å². The van der Waals surface area contributed by atoms with Crippen LogP contribution in [-0.4, -0.2) is 5.84 Å². The van der Waals surface area contributed by atoms with Gasteiger partial charge in [0.25, 0.3) is 0 Å². The first kappa shape index (κ1) is 10.4. The van der Waals surface area contributed by atoms with E-state index in [4.69, 9.17) is 5.73 Å². The Morgan fingerprint density at radius 2 is 1.56 bits per heavy atom. The van der Waals surface area contributed by atoms with Gasteiger partial charge in [0, 0.05) is 5.56 Å². The van der Waals surface area contributed by atoms with Crippen LogP contribution in [0.25, 0.3) is 0 Å². The lowest BCUT2D eigenvalue weighted by atomic mass is 10.2. The number of amidine groups is 1. The predicted octanol–water partition coefficient (Wildman–Crippen LogP) is 3.03. The fraction of sp³-hybridized carbons (Fsp3) is 0.0714. The largest absolute Gasteiger partial charge is 0.383 e. The molecule has 2 rings (SSSR count). The van der Waals surface area contributed by atoms with Gasteiger partial charge >= 0.3 is 0 Å². The maximum atomic E-state index is 5.92. The predicted molar refractivity (Wildman–Crippen MR) is 68.0 cm³/mol. The van der Waals surface area contributed by atoms with Crippen molar-refractivity contribution in [3.8, 4) is 0 Å². The molecule has 0 saturated carbocycles. The van der Waals surface area contributed by atoms with Crippen LogP contribution < -0.4 is 5.73 Å². The van der Waals surface area contributed by atoms with Crippen molar-refractivity contribution >= 4 is 11.5 Å². The van der Waals surface area contributed by atoms with E-state index in [1.165, 1.54) is 5.56 Å². The SMILES string of the molecule is Cc1ccc(N=C(N)c2ccccc2)cc1. The summed E-state index contributed by atoms with van der Waals surface area (Å²) >= 11 is 0. The fourth-order valence-electron chi connectivity index (χ4n) is 1.43.